The lowest BCUT2D eigenvalue weighted by Gasteiger charge is -2.09. The van der Waals surface area contributed by atoms with E-state index in [1.807, 2.05) is 19.2 Å². The average molecular weight is 722 g/mol. The first-order chi connectivity index (χ1) is 20.5. The maximum atomic E-state index is 6.15. The number of nitrogens with two attached hydrogens (primary N) is 1. The first-order valence-electron chi connectivity index (χ1n) is 12.1. The number of rotatable bonds is 4. The van der Waals surface area contributed by atoms with Gasteiger partial charge in [-0.3, -0.25) is 9.36 Å². The SMILES string of the molecule is Cn1ncc2nc(Cl)nc(Cl)c21.Cn1ncc2nc(Cl)nc(NCc3ccc(Cl)cc3Cl)c21.NCc1ccc(Cl)cc1Cl. The Kier molecular flexibility index (Phi) is 11.5. The van der Waals surface area contributed by atoms with Crippen molar-refractivity contribution in [2.45, 2.75) is 13.1 Å². The fourth-order valence-corrected chi connectivity index (χ4v) is 5.37. The third-order valence-electron chi connectivity index (χ3n) is 5.77. The molecular formula is C26H21Cl7N10. The van der Waals surface area contributed by atoms with Crippen LogP contribution in [0.25, 0.3) is 22.1 Å². The van der Waals surface area contributed by atoms with E-state index >= 15 is 0 Å². The van der Waals surface area contributed by atoms with Crippen LogP contribution in [0.2, 0.25) is 35.8 Å². The van der Waals surface area contributed by atoms with Crippen LogP contribution < -0.4 is 11.1 Å². The van der Waals surface area contributed by atoms with E-state index < -0.39 is 0 Å². The highest BCUT2D eigenvalue weighted by atomic mass is 35.5. The minimum absolute atomic E-state index is 0.139. The Morgan fingerprint density at radius 1 is 0.674 bits per heavy atom. The molecule has 0 bridgehead atoms. The van der Waals surface area contributed by atoms with Gasteiger partial charge in [0.05, 0.1) is 12.4 Å². The Morgan fingerprint density at radius 3 is 1.74 bits per heavy atom. The van der Waals surface area contributed by atoms with Gasteiger partial charge in [0.1, 0.15) is 22.1 Å². The first-order valence-corrected chi connectivity index (χ1v) is 14.8. The van der Waals surface area contributed by atoms with E-state index in [0.29, 0.717) is 60.7 Å². The van der Waals surface area contributed by atoms with Gasteiger partial charge < -0.3 is 11.1 Å². The monoisotopic (exact) mass is 718 g/mol. The van der Waals surface area contributed by atoms with Crippen LogP contribution in [0.3, 0.4) is 0 Å². The molecule has 4 heterocycles. The molecular weight excluding hydrogens is 701 g/mol. The minimum atomic E-state index is 0.139. The van der Waals surface area contributed by atoms with Crippen molar-refractivity contribution in [1.29, 1.82) is 0 Å². The summed E-state index contributed by atoms with van der Waals surface area (Å²) < 4.78 is 3.30. The molecule has 0 saturated heterocycles. The van der Waals surface area contributed by atoms with Crippen LogP contribution in [-0.2, 0) is 27.2 Å². The molecule has 0 spiro atoms. The summed E-state index contributed by atoms with van der Waals surface area (Å²) in [6.07, 6.45) is 3.23. The van der Waals surface area contributed by atoms with E-state index in [9.17, 15) is 0 Å². The third-order valence-corrected chi connectivity index (χ3v) is 7.55. The highest BCUT2D eigenvalue weighted by Gasteiger charge is 2.12. The highest BCUT2D eigenvalue weighted by molar-refractivity contribution is 6.36. The Labute approximate surface area is 281 Å². The van der Waals surface area contributed by atoms with Crippen molar-refractivity contribution in [3.8, 4) is 0 Å². The topological polar surface area (TPSA) is 125 Å². The maximum absolute atomic E-state index is 6.15. The van der Waals surface area contributed by atoms with E-state index in [1.54, 1.807) is 53.1 Å². The lowest BCUT2D eigenvalue weighted by molar-refractivity contribution is 0.795. The van der Waals surface area contributed by atoms with Gasteiger partial charge in [0.2, 0.25) is 10.6 Å². The molecule has 17 heteroatoms. The minimum Gasteiger partial charge on any atom is -0.364 e. The number of halogens is 7. The molecule has 0 radical (unpaired) electrons. The molecule has 0 fully saturated rings. The number of fused-ring (bicyclic) bond motifs is 2. The van der Waals surface area contributed by atoms with Gasteiger partial charge in [-0.1, -0.05) is 70.1 Å². The van der Waals surface area contributed by atoms with Crippen molar-refractivity contribution in [1.82, 2.24) is 39.5 Å². The summed E-state index contributed by atoms with van der Waals surface area (Å²) in [4.78, 5) is 16.1. The second-order valence-corrected chi connectivity index (χ2v) is 11.4. The molecule has 6 aromatic rings. The molecule has 0 aliphatic heterocycles. The van der Waals surface area contributed by atoms with Crippen LogP contribution in [0.15, 0.2) is 48.8 Å². The van der Waals surface area contributed by atoms with Crippen LogP contribution in [0.1, 0.15) is 11.1 Å². The van der Waals surface area contributed by atoms with Gasteiger partial charge in [0, 0.05) is 47.3 Å². The number of aryl methyl sites for hydroxylation is 2. The second kappa shape index (κ2) is 14.9. The third kappa shape index (κ3) is 8.49. The van der Waals surface area contributed by atoms with Gasteiger partial charge in [0.25, 0.3) is 0 Å². The Morgan fingerprint density at radius 2 is 1.19 bits per heavy atom. The predicted molar refractivity (Wildman–Crippen MR) is 176 cm³/mol. The largest absolute Gasteiger partial charge is 0.364 e. The van der Waals surface area contributed by atoms with Crippen LogP contribution in [-0.4, -0.2) is 39.5 Å². The zero-order valence-electron chi connectivity index (χ0n) is 22.3. The van der Waals surface area contributed by atoms with Gasteiger partial charge in [-0.05, 0) is 58.6 Å². The Balaban J connectivity index is 0.000000163. The molecule has 0 aliphatic rings. The van der Waals surface area contributed by atoms with Gasteiger partial charge in [-0.2, -0.15) is 15.2 Å². The molecule has 10 nitrogen and oxygen atoms in total. The van der Waals surface area contributed by atoms with E-state index in [0.717, 1.165) is 16.6 Å². The molecule has 224 valence electrons. The summed E-state index contributed by atoms with van der Waals surface area (Å²) >= 11 is 40.8. The summed E-state index contributed by atoms with van der Waals surface area (Å²) in [7, 11) is 3.59. The summed E-state index contributed by atoms with van der Waals surface area (Å²) in [6, 6.07) is 10.6. The molecule has 0 saturated carbocycles. The number of benzene rings is 2. The van der Waals surface area contributed by atoms with E-state index in [4.69, 9.17) is 86.9 Å². The fraction of sp³-hybridized carbons (Fsp3) is 0.154. The van der Waals surface area contributed by atoms with Crippen LogP contribution >= 0.6 is 81.2 Å². The number of aromatic nitrogens is 8. The fourth-order valence-electron chi connectivity index (χ4n) is 3.71. The van der Waals surface area contributed by atoms with Crippen molar-refractivity contribution in [3.63, 3.8) is 0 Å². The molecule has 0 aliphatic carbocycles. The van der Waals surface area contributed by atoms with Crippen molar-refractivity contribution in [2.24, 2.45) is 19.8 Å². The van der Waals surface area contributed by atoms with Crippen molar-refractivity contribution in [2.75, 3.05) is 5.32 Å². The summed E-state index contributed by atoms with van der Waals surface area (Å²) in [5.41, 5.74) is 10.0. The Hall–Kier alpha value is -2.67. The lowest BCUT2D eigenvalue weighted by Crippen LogP contribution is -2.05. The van der Waals surface area contributed by atoms with Crippen LogP contribution in [0.5, 0.6) is 0 Å². The van der Waals surface area contributed by atoms with Crippen LogP contribution in [0, 0.1) is 0 Å². The highest BCUT2D eigenvalue weighted by Crippen LogP contribution is 2.25. The second-order valence-electron chi connectivity index (χ2n) is 8.66. The molecule has 4 aromatic heterocycles. The predicted octanol–water partition coefficient (Wildman–Crippen LogP) is 8.06. The molecule has 3 N–H and O–H groups in total. The molecule has 0 amide bonds. The van der Waals surface area contributed by atoms with Gasteiger partial charge in [-0.15, -0.1) is 0 Å². The first kappa shape index (κ1) is 33.2. The molecule has 6 rings (SSSR count). The van der Waals surface area contributed by atoms with Crippen molar-refractivity contribution in [3.05, 3.63) is 95.7 Å². The number of anilines is 1. The molecule has 0 atom stereocenters. The summed E-state index contributed by atoms with van der Waals surface area (Å²) in [5.74, 6) is 0.607. The van der Waals surface area contributed by atoms with Gasteiger partial charge in [0.15, 0.2) is 11.0 Å². The number of hydrogen-bond donors (Lipinski definition) is 2. The summed E-state index contributed by atoms with van der Waals surface area (Å²) in [6.45, 7) is 0.944. The van der Waals surface area contributed by atoms with E-state index in [-0.39, 0.29) is 10.6 Å². The Bertz CT molecular complexity index is 1890. The lowest BCUT2D eigenvalue weighted by atomic mass is 10.2. The normalized spacial score (nSPS) is 10.7. The van der Waals surface area contributed by atoms with Crippen molar-refractivity contribution >= 4 is 109 Å². The quantitative estimate of drug-likeness (QED) is 0.138. The summed E-state index contributed by atoms with van der Waals surface area (Å²) in [5, 5.41) is 14.4. The smallest absolute Gasteiger partial charge is 0.225 e. The maximum Gasteiger partial charge on any atom is 0.225 e. The number of hydrogen-bond acceptors (Lipinski definition) is 8. The van der Waals surface area contributed by atoms with Crippen molar-refractivity contribution < 1.29 is 0 Å². The molecule has 2 aromatic carbocycles. The zero-order chi connectivity index (χ0) is 31.3. The standard InChI is InChI=1S/C13H10Cl3N5.C7H7Cl2N.C6H4Cl2N4/c1-21-11-10(6-18-21)19-13(16)20-12(11)17-5-7-2-3-8(14)4-9(7)15;8-6-2-1-5(4-10)7(9)3-6;1-12-4-3(2-9-12)10-6(8)11-5(4)7/h2-4,6H,5H2,1H3,(H,17,19,20);1-3H,4,10H2;2H,1H3. The van der Waals surface area contributed by atoms with Gasteiger partial charge >= 0.3 is 0 Å². The number of nitrogens with one attached hydrogen (secondary N) is 1. The van der Waals surface area contributed by atoms with Gasteiger partial charge in [-0.25, -0.2) is 15.0 Å². The molecule has 43 heavy (non-hydrogen) atoms. The zero-order valence-corrected chi connectivity index (χ0v) is 27.6. The van der Waals surface area contributed by atoms with E-state index in [1.165, 1.54) is 0 Å². The number of nitrogens with zero attached hydrogens (tertiary/aromatic N) is 8. The van der Waals surface area contributed by atoms with Crippen LogP contribution in [0.4, 0.5) is 5.82 Å². The average Bonchev–Trinajstić information content (AvgIpc) is 3.50. The molecule has 0 unspecified atom stereocenters. The van der Waals surface area contributed by atoms with E-state index in [2.05, 4.69) is 35.5 Å².